The van der Waals surface area contributed by atoms with Crippen LogP contribution < -0.4 is 4.74 Å². The van der Waals surface area contributed by atoms with Gasteiger partial charge in [0, 0.05) is 38.4 Å². The van der Waals surface area contributed by atoms with Crippen LogP contribution in [0.15, 0.2) is 48.7 Å². The van der Waals surface area contributed by atoms with Crippen molar-refractivity contribution in [2.75, 3.05) is 26.2 Å². The number of carbonyl (C=O) groups is 1. The summed E-state index contributed by atoms with van der Waals surface area (Å²) in [7, 11) is 0. The molecule has 27 heavy (non-hydrogen) atoms. The number of hydrogen-bond acceptors (Lipinski definition) is 4. The van der Waals surface area contributed by atoms with Crippen LogP contribution in [0.1, 0.15) is 35.7 Å². The molecular weight excluding hydrogens is 338 g/mol. The smallest absolute Gasteiger partial charge is 0.259 e. The van der Waals surface area contributed by atoms with Crippen LogP contribution in [0.3, 0.4) is 0 Å². The topological polar surface area (TPSA) is 45.7 Å². The molecule has 3 aliphatic heterocycles. The summed E-state index contributed by atoms with van der Waals surface area (Å²) in [6, 6.07) is 14.5. The van der Waals surface area contributed by atoms with Crippen LogP contribution in [0.25, 0.3) is 0 Å². The molecule has 2 bridgehead atoms. The molecule has 0 N–H and O–H groups in total. The highest BCUT2D eigenvalue weighted by atomic mass is 16.5. The normalized spacial score (nSPS) is 22.5. The fourth-order valence-electron chi connectivity index (χ4n) is 4.36. The maximum absolute atomic E-state index is 13.3. The number of fused-ring (bicyclic) bond motifs is 4. The molecule has 0 saturated carbocycles. The van der Waals surface area contributed by atoms with E-state index in [0.717, 1.165) is 32.6 Å². The fourth-order valence-corrected chi connectivity index (χ4v) is 4.36. The zero-order valence-corrected chi connectivity index (χ0v) is 15.9. The van der Waals surface area contributed by atoms with E-state index in [1.165, 1.54) is 12.0 Å². The molecule has 3 saturated heterocycles. The zero-order valence-electron chi connectivity index (χ0n) is 15.9. The van der Waals surface area contributed by atoms with E-state index >= 15 is 0 Å². The van der Waals surface area contributed by atoms with E-state index in [-0.39, 0.29) is 11.9 Å². The molecule has 142 valence electrons. The summed E-state index contributed by atoms with van der Waals surface area (Å²) in [5.74, 6) is 1.04. The molecule has 0 spiro atoms. The maximum Gasteiger partial charge on any atom is 0.259 e. The Morgan fingerprint density at radius 2 is 1.96 bits per heavy atom. The van der Waals surface area contributed by atoms with E-state index in [0.29, 0.717) is 24.0 Å². The highest BCUT2D eigenvalue weighted by molar-refractivity contribution is 5.96. The lowest BCUT2D eigenvalue weighted by Crippen LogP contribution is -2.47. The van der Waals surface area contributed by atoms with Crippen molar-refractivity contribution < 1.29 is 9.53 Å². The molecule has 5 rings (SSSR count). The summed E-state index contributed by atoms with van der Waals surface area (Å²) in [4.78, 5) is 22.1. The molecule has 0 radical (unpaired) electrons. The van der Waals surface area contributed by atoms with Gasteiger partial charge in [-0.25, -0.2) is 4.98 Å². The first kappa shape index (κ1) is 18.0. The second kappa shape index (κ2) is 8.09. The molecule has 0 aliphatic carbocycles. The fraction of sp³-hybridized carbons (Fsp3) is 0.455. The molecule has 4 heterocycles. The summed E-state index contributed by atoms with van der Waals surface area (Å²) < 4.78 is 5.59. The van der Waals surface area contributed by atoms with Crippen LogP contribution in [-0.4, -0.2) is 53.0 Å². The molecule has 3 fully saturated rings. The van der Waals surface area contributed by atoms with Gasteiger partial charge in [0.25, 0.3) is 5.91 Å². The van der Waals surface area contributed by atoms with Crippen molar-refractivity contribution in [1.82, 2.24) is 14.8 Å². The van der Waals surface area contributed by atoms with Gasteiger partial charge in [0.1, 0.15) is 5.56 Å². The second-order valence-corrected chi connectivity index (χ2v) is 7.52. The number of piperidine rings is 1. The van der Waals surface area contributed by atoms with Crippen molar-refractivity contribution in [1.29, 1.82) is 0 Å². The Morgan fingerprint density at radius 3 is 2.78 bits per heavy atom. The molecule has 1 aromatic carbocycles. The second-order valence-electron chi connectivity index (χ2n) is 7.52. The standard InChI is InChI=1S/C22H27N3O2/c1-2-27-21-20(9-6-12-23-21)22(26)25-15-18-10-11-19(25)16-24(14-18)13-17-7-4-3-5-8-17/h3-9,12,18-19H,2,10-11,13-16H2,1H3/t18-,19+/m1/s1. The van der Waals surface area contributed by atoms with Crippen LogP contribution in [0.2, 0.25) is 0 Å². The van der Waals surface area contributed by atoms with E-state index in [9.17, 15) is 4.79 Å². The quantitative estimate of drug-likeness (QED) is 0.816. The number of pyridine rings is 1. The molecule has 5 nitrogen and oxygen atoms in total. The maximum atomic E-state index is 13.3. The summed E-state index contributed by atoms with van der Waals surface area (Å²) >= 11 is 0. The third-order valence-corrected chi connectivity index (χ3v) is 5.58. The van der Waals surface area contributed by atoms with Gasteiger partial charge in [-0.05, 0) is 43.4 Å². The Hall–Kier alpha value is -2.40. The van der Waals surface area contributed by atoms with E-state index in [4.69, 9.17) is 4.74 Å². The summed E-state index contributed by atoms with van der Waals surface area (Å²) in [5.41, 5.74) is 1.92. The number of rotatable bonds is 5. The number of carbonyl (C=O) groups excluding carboxylic acids is 1. The van der Waals surface area contributed by atoms with Crippen molar-refractivity contribution in [3.8, 4) is 5.88 Å². The van der Waals surface area contributed by atoms with Crippen molar-refractivity contribution in [3.63, 3.8) is 0 Å². The van der Waals surface area contributed by atoms with Gasteiger partial charge in [-0.2, -0.15) is 0 Å². The Kier molecular flexibility index (Phi) is 5.39. The zero-order chi connectivity index (χ0) is 18.6. The number of benzene rings is 1. The minimum atomic E-state index is 0.0582. The monoisotopic (exact) mass is 365 g/mol. The predicted molar refractivity (Wildman–Crippen MR) is 105 cm³/mol. The van der Waals surface area contributed by atoms with Crippen LogP contribution >= 0.6 is 0 Å². The molecule has 1 amide bonds. The van der Waals surface area contributed by atoms with E-state index < -0.39 is 0 Å². The summed E-state index contributed by atoms with van der Waals surface area (Å²) in [6.45, 7) is 6.19. The average Bonchev–Trinajstić information content (AvgIpc) is 2.99. The molecule has 0 unspecified atom stereocenters. The van der Waals surface area contributed by atoms with Crippen LogP contribution in [0, 0.1) is 5.92 Å². The average molecular weight is 365 g/mol. The minimum absolute atomic E-state index is 0.0582. The number of aromatic nitrogens is 1. The summed E-state index contributed by atoms with van der Waals surface area (Å²) in [6.07, 6.45) is 3.95. The Labute approximate surface area is 161 Å². The summed E-state index contributed by atoms with van der Waals surface area (Å²) in [5, 5.41) is 0. The Morgan fingerprint density at radius 1 is 1.11 bits per heavy atom. The molecular formula is C22H27N3O2. The number of amides is 1. The SMILES string of the molecule is CCOc1ncccc1C(=O)N1C[C@@H]2CC[C@H]1CN(Cc1ccccc1)C2. The van der Waals surface area contributed by atoms with Crippen LogP contribution in [0.5, 0.6) is 5.88 Å². The van der Waals surface area contributed by atoms with Crippen LogP contribution in [-0.2, 0) is 6.54 Å². The van der Waals surface area contributed by atoms with Gasteiger partial charge < -0.3 is 9.64 Å². The van der Waals surface area contributed by atoms with Crippen molar-refractivity contribution >= 4 is 5.91 Å². The first-order chi connectivity index (χ1) is 13.2. The van der Waals surface area contributed by atoms with Gasteiger partial charge in [0.15, 0.2) is 0 Å². The lowest BCUT2D eigenvalue weighted by molar-refractivity contribution is 0.0580. The van der Waals surface area contributed by atoms with E-state index in [1.807, 2.05) is 19.1 Å². The van der Waals surface area contributed by atoms with Gasteiger partial charge in [0.05, 0.1) is 6.61 Å². The Bertz CT molecular complexity index is 780. The van der Waals surface area contributed by atoms with Gasteiger partial charge in [-0.3, -0.25) is 9.69 Å². The molecule has 2 aromatic rings. The lowest BCUT2D eigenvalue weighted by atomic mass is 9.94. The molecule has 2 atom stereocenters. The first-order valence-corrected chi connectivity index (χ1v) is 9.89. The van der Waals surface area contributed by atoms with Gasteiger partial charge in [-0.1, -0.05) is 30.3 Å². The van der Waals surface area contributed by atoms with Gasteiger partial charge >= 0.3 is 0 Å². The van der Waals surface area contributed by atoms with Gasteiger partial charge in [-0.15, -0.1) is 0 Å². The number of ether oxygens (including phenoxy) is 1. The third-order valence-electron chi connectivity index (χ3n) is 5.58. The van der Waals surface area contributed by atoms with Crippen molar-refractivity contribution in [2.24, 2.45) is 5.92 Å². The number of hydrogen-bond donors (Lipinski definition) is 0. The highest BCUT2D eigenvalue weighted by Gasteiger charge is 2.38. The third kappa shape index (κ3) is 3.98. The molecule has 3 aliphatic rings. The van der Waals surface area contributed by atoms with Crippen LogP contribution in [0.4, 0.5) is 0 Å². The number of nitrogens with zero attached hydrogens (tertiary/aromatic N) is 3. The van der Waals surface area contributed by atoms with E-state index in [2.05, 4.69) is 45.1 Å². The lowest BCUT2D eigenvalue weighted by Gasteiger charge is -2.36. The molecule has 1 aromatic heterocycles. The molecule has 5 heteroatoms. The highest BCUT2D eigenvalue weighted by Crippen LogP contribution is 2.31. The Balaban J connectivity index is 1.51. The van der Waals surface area contributed by atoms with Gasteiger partial charge in [0.2, 0.25) is 5.88 Å². The van der Waals surface area contributed by atoms with E-state index in [1.54, 1.807) is 6.20 Å². The largest absolute Gasteiger partial charge is 0.477 e. The first-order valence-electron chi connectivity index (χ1n) is 9.89. The van der Waals surface area contributed by atoms with Crippen molar-refractivity contribution in [3.05, 3.63) is 59.8 Å². The predicted octanol–water partition coefficient (Wildman–Crippen LogP) is 3.22. The minimum Gasteiger partial charge on any atom is -0.477 e. The van der Waals surface area contributed by atoms with Crippen molar-refractivity contribution in [2.45, 2.75) is 32.4 Å².